The fourth-order valence-corrected chi connectivity index (χ4v) is 2.11. The Bertz CT molecular complexity index is 157. The maximum Gasteiger partial charge on any atom is 0.0905 e. The van der Waals surface area contributed by atoms with Crippen molar-refractivity contribution in [2.45, 2.75) is 25.7 Å². The Balaban J connectivity index is 2.33. The van der Waals surface area contributed by atoms with Gasteiger partial charge in [0, 0.05) is 0 Å². The van der Waals surface area contributed by atoms with Crippen molar-refractivity contribution in [2.24, 2.45) is 11.8 Å². The maximum absolute atomic E-state index is 5.27. The first-order valence-corrected chi connectivity index (χ1v) is 5.33. The predicted octanol–water partition coefficient (Wildman–Crippen LogP) is 3.11. The van der Waals surface area contributed by atoms with Gasteiger partial charge in [-0.2, -0.15) is 0 Å². The second-order valence-corrected chi connectivity index (χ2v) is 3.80. The molecule has 0 bridgehead atoms. The van der Waals surface area contributed by atoms with E-state index in [1.54, 1.807) is 0 Å². The van der Waals surface area contributed by atoms with E-state index < -0.39 is 0 Å². The van der Waals surface area contributed by atoms with Gasteiger partial charge in [0.15, 0.2) is 0 Å². The van der Waals surface area contributed by atoms with Crippen LogP contribution in [0, 0.1) is 11.8 Å². The molecule has 1 aliphatic carbocycles. The lowest BCUT2D eigenvalue weighted by molar-refractivity contribution is 0.0722. The highest BCUT2D eigenvalue weighted by atomic mass is 16.5. The van der Waals surface area contributed by atoms with Gasteiger partial charge in [0.1, 0.15) is 0 Å². The zero-order chi connectivity index (χ0) is 10.2. The molecule has 0 radical (unpaired) electrons. The van der Waals surface area contributed by atoms with Crippen molar-refractivity contribution in [1.82, 2.24) is 0 Å². The molecule has 0 spiro atoms. The molecule has 1 fully saturated rings. The lowest BCUT2D eigenvalue weighted by Crippen LogP contribution is -2.26. The first-order chi connectivity index (χ1) is 6.88. The van der Waals surface area contributed by atoms with Gasteiger partial charge in [0.05, 0.1) is 25.7 Å². The van der Waals surface area contributed by atoms with Crippen LogP contribution in [0.2, 0.25) is 0 Å². The highest BCUT2D eigenvalue weighted by Crippen LogP contribution is 2.30. The summed E-state index contributed by atoms with van der Waals surface area (Å²) in [6.45, 7) is 8.70. The highest BCUT2D eigenvalue weighted by Gasteiger charge is 2.25. The second-order valence-electron chi connectivity index (χ2n) is 3.80. The molecule has 0 saturated heterocycles. The van der Waals surface area contributed by atoms with Crippen LogP contribution in [0.25, 0.3) is 0 Å². The van der Waals surface area contributed by atoms with Crippen LogP contribution in [0.3, 0.4) is 0 Å². The van der Waals surface area contributed by atoms with Crippen LogP contribution in [0.5, 0.6) is 0 Å². The van der Waals surface area contributed by atoms with E-state index in [0.29, 0.717) is 11.8 Å². The lowest BCUT2D eigenvalue weighted by atomic mass is 9.80. The van der Waals surface area contributed by atoms with E-state index >= 15 is 0 Å². The zero-order valence-electron chi connectivity index (χ0n) is 8.78. The predicted molar refractivity (Wildman–Crippen MR) is 57.7 cm³/mol. The third-order valence-corrected chi connectivity index (χ3v) is 2.92. The van der Waals surface area contributed by atoms with Crippen LogP contribution in [0.1, 0.15) is 25.7 Å². The van der Waals surface area contributed by atoms with Crippen molar-refractivity contribution in [3.8, 4) is 0 Å². The Hall–Kier alpha value is -0.920. The Labute approximate surface area is 86.6 Å². The van der Waals surface area contributed by atoms with Crippen LogP contribution >= 0.6 is 0 Å². The molecule has 14 heavy (non-hydrogen) atoms. The first-order valence-electron chi connectivity index (χ1n) is 5.33. The Morgan fingerprint density at radius 3 is 1.71 bits per heavy atom. The van der Waals surface area contributed by atoms with E-state index in [-0.39, 0.29) is 0 Å². The van der Waals surface area contributed by atoms with Crippen molar-refractivity contribution in [1.29, 1.82) is 0 Å². The average molecular weight is 196 g/mol. The van der Waals surface area contributed by atoms with E-state index in [2.05, 4.69) is 13.2 Å². The second kappa shape index (κ2) is 6.52. The van der Waals surface area contributed by atoms with Gasteiger partial charge in [-0.05, 0) is 24.7 Å². The SMILES string of the molecule is C=COCC1CCCC[C@H]1COC=C. The molecule has 0 aromatic carbocycles. The zero-order valence-corrected chi connectivity index (χ0v) is 8.78. The molecule has 1 unspecified atom stereocenters. The van der Waals surface area contributed by atoms with Gasteiger partial charge in [0.25, 0.3) is 0 Å². The summed E-state index contributed by atoms with van der Waals surface area (Å²) in [7, 11) is 0. The van der Waals surface area contributed by atoms with Crippen molar-refractivity contribution in [3.05, 3.63) is 25.7 Å². The van der Waals surface area contributed by atoms with Gasteiger partial charge >= 0.3 is 0 Å². The summed E-state index contributed by atoms with van der Waals surface area (Å²) in [5.74, 6) is 1.25. The fraction of sp³-hybridized carbons (Fsp3) is 0.667. The molecule has 0 amide bonds. The third-order valence-electron chi connectivity index (χ3n) is 2.92. The van der Waals surface area contributed by atoms with E-state index in [0.717, 1.165) is 13.2 Å². The van der Waals surface area contributed by atoms with Gasteiger partial charge in [-0.15, -0.1) is 0 Å². The van der Waals surface area contributed by atoms with Crippen LogP contribution in [-0.4, -0.2) is 13.2 Å². The molecule has 0 aromatic heterocycles. The Kier molecular flexibility index (Phi) is 5.20. The number of rotatable bonds is 6. The van der Waals surface area contributed by atoms with Gasteiger partial charge in [-0.25, -0.2) is 0 Å². The summed E-state index contributed by atoms with van der Waals surface area (Å²) in [6.07, 6.45) is 8.18. The van der Waals surface area contributed by atoms with Crippen LogP contribution in [-0.2, 0) is 9.47 Å². The Morgan fingerprint density at radius 1 is 0.929 bits per heavy atom. The highest BCUT2D eigenvalue weighted by molar-refractivity contribution is 4.76. The molecular weight excluding hydrogens is 176 g/mol. The molecule has 0 heterocycles. The summed E-state index contributed by atoms with van der Waals surface area (Å²) in [4.78, 5) is 0. The summed E-state index contributed by atoms with van der Waals surface area (Å²) >= 11 is 0. The maximum atomic E-state index is 5.27. The third kappa shape index (κ3) is 3.44. The topological polar surface area (TPSA) is 18.5 Å². The Morgan fingerprint density at radius 2 is 1.36 bits per heavy atom. The largest absolute Gasteiger partial charge is 0.502 e. The summed E-state index contributed by atoms with van der Waals surface area (Å²) in [5, 5.41) is 0. The van der Waals surface area contributed by atoms with E-state index in [1.165, 1.54) is 38.2 Å². The quantitative estimate of drug-likeness (QED) is 0.608. The van der Waals surface area contributed by atoms with Gasteiger partial charge in [0.2, 0.25) is 0 Å². The molecule has 2 atom stereocenters. The van der Waals surface area contributed by atoms with Crippen molar-refractivity contribution >= 4 is 0 Å². The van der Waals surface area contributed by atoms with Crippen LogP contribution < -0.4 is 0 Å². The summed E-state index contributed by atoms with van der Waals surface area (Å²) in [5.41, 5.74) is 0. The smallest absolute Gasteiger partial charge is 0.0905 e. The average Bonchev–Trinajstić information content (AvgIpc) is 2.24. The standard InChI is InChI=1S/C12H20O2/c1-3-13-9-11-7-5-6-8-12(11)10-14-4-2/h3-4,11-12H,1-2,5-10H2/t11-,12?/m0/s1. The van der Waals surface area contributed by atoms with Gasteiger partial charge in [-0.1, -0.05) is 26.0 Å². The van der Waals surface area contributed by atoms with E-state index in [4.69, 9.17) is 9.47 Å². The van der Waals surface area contributed by atoms with Crippen molar-refractivity contribution in [3.63, 3.8) is 0 Å². The minimum absolute atomic E-state index is 0.627. The van der Waals surface area contributed by atoms with E-state index in [9.17, 15) is 0 Å². The van der Waals surface area contributed by atoms with Gasteiger partial charge < -0.3 is 9.47 Å². The number of ether oxygens (including phenoxy) is 2. The normalized spacial score (nSPS) is 26.6. The molecule has 0 aliphatic heterocycles. The minimum Gasteiger partial charge on any atom is -0.502 e. The molecule has 1 aliphatic rings. The van der Waals surface area contributed by atoms with Crippen molar-refractivity contribution < 1.29 is 9.47 Å². The lowest BCUT2D eigenvalue weighted by Gasteiger charge is -2.30. The molecule has 2 nitrogen and oxygen atoms in total. The summed E-state index contributed by atoms with van der Waals surface area (Å²) < 4.78 is 10.5. The van der Waals surface area contributed by atoms with Crippen molar-refractivity contribution in [2.75, 3.05) is 13.2 Å². The fourth-order valence-electron chi connectivity index (χ4n) is 2.11. The van der Waals surface area contributed by atoms with Gasteiger partial charge in [-0.3, -0.25) is 0 Å². The monoisotopic (exact) mass is 196 g/mol. The van der Waals surface area contributed by atoms with Crippen LogP contribution in [0.4, 0.5) is 0 Å². The van der Waals surface area contributed by atoms with Crippen LogP contribution in [0.15, 0.2) is 25.7 Å². The minimum atomic E-state index is 0.627. The molecular formula is C12H20O2. The number of hydrogen-bond donors (Lipinski definition) is 0. The molecule has 2 heteroatoms. The molecule has 0 N–H and O–H groups in total. The summed E-state index contributed by atoms with van der Waals surface area (Å²) in [6, 6.07) is 0. The first kappa shape index (κ1) is 11.2. The van der Waals surface area contributed by atoms with E-state index in [1.807, 2.05) is 0 Å². The molecule has 0 aromatic rings. The number of hydrogen-bond acceptors (Lipinski definition) is 2. The molecule has 80 valence electrons. The molecule has 1 rings (SSSR count). The molecule has 1 saturated carbocycles.